The molecule has 144 valence electrons. The summed E-state index contributed by atoms with van der Waals surface area (Å²) in [6, 6.07) is 8.25. The second kappa shape index (κ2) is 9.07. The molecule has 0 saturated carbocycles. The van der Waals surface area contributed by atoms with Crippen LogP contribution in [0.3, 0.4) is 0 Å². The number of hydrogen-bond donors (Lipinski definition) is 0. The number of benzene rings is 1. The summed E-state index contributed by atoms with van der Waals surface area (Å²) in [5.41, 5.74) is 1.13. The van der Waals surface area contributed by atoms with Gasteiger partial charge in [0.1, 0.15) is 0 Å². The molecule has 2 saturated heterocycles. The SMILES string of the molecule is COC(=O)CCN1C2CCC1C(C(=O)OC)C(c1ccc(Cl)cc1)C2.Cl. The molecule has 26 heavy (non-hydrogen) atoms. The molecule has 0 aliphatic carbocycles. The van der Waals surface area contributed by atoms with Crippen molar-refractivity contribution < 1.29 is 19.1 Å². The lowest BCUT2D eigenvalue weighted by Crippen LogP contribution is -2.51. The van der Waals surface area contributed by atoms with Crippen LogP contribution in [0.15, 0.2) is 24.3 Å². The molecule has 2 aliphatic rings. The number of carbonyl (C=O) groups excluding carboxylic acids is 2. The van der Waals surface area contributed by atoms with E-state index in [0.717, 1.165) is 24.8 Å². The van der Waals surface area contributed by atoms with Crippen molar-refractivity contribution in [1.82, 2.24) is 4.90 Å². The van der Waals surface area contributed by atoms with Gasteiger partial charge in [-0.2, -0.15) is 0 Å². The summed E-state index contributed by atoms with van der Waals surface area (Å²) in [5, 5.41) is 0.692. The van der Waals surface area contributed by atoms with E-state index in [1.807, 2.05) is 24.3 Å². The molecule has 2 heterocycles. The highest BCUT2D eigenvalue weighted by molar-refractivity contribution is 6.30. The maximum absolute atomic E-state index is 12.6. The van der Waals surface area contributed by atoms with Crippen molar-refractivity contribution in [2.24, 2.45) is 5.92 Å². The molecule has 0 radical (unpaired) electrons. The molecule has 1 aromatic carbocycles. The van der Waals surface area contributed by atoms with Gasteiger partial charge in [0.25, 0.3) is 0 Å². The van der Waals surface area contributed by atoms with Crippen molar-refractivity contribution in [1.29, 1.82) is 0 Å². The fourth-order valence-electron chi connectivity index (χ4n) is 4.49. The van der Waals surface area contributed by atoms with Crippen molar-refractivity contribution in [3.8, 4) is 0 Å². The maximum Gasteiger partial charge on any atom is 0.310 e. The van der Waals surface area contributed by atoms with Gasteiger partial charge < -0.3 is 9.47 Å². The van der Waals surface area contributed by atoms with Crippen LogP contribution in [0.4, 0.5) is 0 Å². The number of rotatable bonds is 5. The Balaban J connectivity index is 0.00000243. The van der Waals surface area contributed by atoms with E-state index >= 15 is 0 Å². The van der Waals surface area contributed by atoms with Gasteiger partial charge >= 0.3 is 11.9 Å². The average Bonchev–Trinajstić information content (AvgIpc) is 2.91. The summed E-state index contributed by atoms with van der Waals surface area (Å²) < 4.78 is 9.89. The molecule has 5 nitrogen and oxygen atoms in total. The van der Waals surface area contributed by atoms with E-state index in [1.165, 1.54) is 14.2 Å². The Bertz CT molecular complexity index is 637. The molecule has 1 aromatic rings. The minimum Gasteiger partial charge on any atom is -0.469 e. The van der Waals surface area contributed by atoms with Gasteiger partial charge in [-0.1, -0.05) is 23.7 Å². The first-order chi connectivity index (χ1) is 12.0. The number of piperidine rings is 1. The number of halogens is 2. The lowest BCUT2D eigenvalue weighted by Gasteiger charge is -2.43. The van der Waals surface area contributed by atoms with Crippen LogP contribution in [0.25, 0.3) is 0 Å². The summed E-state index contributed by atoms with van der Waals surface area (Å²) in [5.74, 6) is -0.485. The van der Waals surface area contributed by atoms with E-state index in [-0.39, 0.29) is 42.2 Å². The van der Waals surface area contributed by atoms with Crippen molar-refractivity contribution in [2.45, 2.75) is 43.7 Å². The molecule has 0 amide bonds. The van der Waals surface area contributed by atoms with Gasteiger partial charge in [0, 0.05) is 29.6 Å². The van der Waals surface area contributed by atoms with Gasteiger partial charge in [0.2, 0.25) is 0 Å². The Kier molecular flexibility index (Phi) is 7.33. The van der Waals surface area contributed by atoms with Crippen LogP contribution < -0.4 is 0 Å². The minimum absolute atomic E-state index is 0. The first-order valence-electron chi connectivity index (χ1n) is 8.71. The van der Waals surface area contributed by atoms with Crippen LogP contribution in [0.2, 0.25) is 5.02 Å². The number of fused-ring (bicyclic) bond motifs is 2. The van der Waals surface area contributed by atoms with Crippen LogP contribution >= 0.6 is 24.0 Å². The Labute approximate surface area is 165 Å². The van der Waals surface area contributed by atoms with E-state index in [9.17, 15) is 9.59 Å². The first-order valence-corrected chi connectivity index (χ1v) is 9.08. The van der Waals surface area contributed by atoms with E-state index in [1.54, 1.807) is 0 Å². The zero-order chi connectivity index (χ0) is 18.0. The molecule has 0 N–H and O–H groups in total. The third-order valence-electron chi connectivity index (χ3n) is 5.64. The Morgan fingerprint density at radius 3 is 2.46 bits per heavy atom. The van der Waals surface area contributed by atoms with Gasteiger partial charge in [-0.15, -0.1) is 12.4 Å². The first kappa shape index (κ1) is 21.0. The number of hydrogen-bond acceptors (Lipinski definition) is 5. The van der Waals surface area contributed by atoms with Gasteiger partial charge in [-0.05, 0) is 37.0 Å². The fourth-order valence-corrected chi connectivity index (χ4v) is 4.62. The summed E-state index contributed by atoms with van der Waals surface area (Å²) in [6.45, 7) is 0.628. The number of methoxy groups -OCH3 is 2. The normalized spacial score (nSPS) is 27.5. The lowest BCUT2D eigenvalue weighted by atomic mass is 9.76. The molecule has 2 aliphatic heterocycles. The van der Waals surface area contributed by atoms with Crippen LogP contribution in [0, 0.1) is 5.92 Å². The second-order valence-electron chi connectivity index (χ2n) is 6.81. The highest BCUT2D eigenvalue weighted by Crippen LogP contribution is 2.47. The fraction of sp³-hybridized carbons (Fsp3) is 0.579. The number of nitrogens with zero attached hydrogens (tertiary/aromatic N) is 1. The van der Waals surface area contributed by atoms with Crippen LogP contribution in [0.1, 0.15) is 37.2 Å². The van der Waals surface area contributed by atoms with Crippen molar-refractivity contribution in [3.05, 3.63) is 34.9 Å². The minimum atomic E-state index is -0.220. The molecule has 2 bridgehead atoms. The molecule has 4 atom stereocenters. The molecule has 0 spiro atoms. The third-order valence-corrected chi connectivity index (χ3v) is 5.89. The summed E-state index contributed by atoms with van der Waals surface area (Å²) in [6.07, 6.45) is 3.24. The van der Waals surface area contributed by atoms with E-state index in [2.05, 4.69) is 4.90 Å². The molecule has 7 heteroatoms. The lowest BCUT2D eigenvalue weighted by molar-refractivity contribution is -0.150. The van der Waals surface area contributed by atoms with E-state index in [4.69, 9.17) is 21.1 Å². The van der Waals surface area contributed by atoms with Crippen LogP contribution in [0.5, 0.6) is 0 Å². The highest BCUT2D eigenvalue weighted by Gasteiger charge is 2.50. The maximum atomic E-state index is 12.6. The zero-order valence-corrected chi connectivity index (χ0v) is 16.6. The topological polar surface area (TPSA) is 55.8 Å². The molecule has 0 aromatic heterocycles. The number of carbonyl (C=O) groups is 2. The smallest absolute Gasteiger partial charge is 0.310 e. The van der Waals surface area contributed by atoms with E-state index in [0.29, 0.717) is 24.0 Å². The van der Waals surface area contributed by atoms with Gasteiger partial charge in [-0.25, -0.2) is 0 Å². The highest BCUT2D eigenvalue weighted by atomic mass is 35.5. The number of esters is 2. The second-order valence-corrected chi connectivity index (χ2v) is 7.24. The molecule has 4 unspecified atom stereocenters. The Hall–Kier alpha value is -1.30. The third kappa shape index (κ3) is 4.16. The van der Waals surface area contributed by atoms with Gasteiger partial charge in [-0.3, -0.25) is 14.5 Å². The quantitative estimate of drug-likeness (QED) is 0.707. The predicted octanol–water partition coefficient (Wildman–Crippen LogP) is 3.43. The molecular formula is C19H25Cl2NO4. The predicted molar refractivity (Wildman–Crippen MR) is 102 cm³/mol. The van der Waals surface area contributed by atoms with Crippen molar-refractivity contribution >= 4 is 35.9 Å². The van der Waals surface area contributed by atoms with Crippen LogP contribution in [-0.4, -0.2) is 49.7 Å². The Morgan fingerprint density at radius 1 is 1.15 bits per heavy atom. The van der Waals surface area contributed by atoms with Crippen molar-refractivity contribution in [2.75, 3.05) is 20.8 Å². The van der Waals surface area contributed by atoms with Crippen molar-refractivity contribution in [3.63, 3.8) is 0 Å². The molecular weight excluding hydrogens is 377 g/mol. The largest absolute Gasteiger partial charge is 0.469 e. The average molecular weight is 402 g/mol. The van der Waals surface area contributed by atoms with Gasteiger partial charge in [0.05, 0.1) is 26.6 Å². The summed E-state index contributed by atoms with van der Waals surface area (Å²) >= 11 is 6.01. The summed E-state index contributed by atoms with van der Waals surface area (Å²) in [4.78, 5) is 26.4. The molecule has 3 rings (SSSR count). The summed E-state index contributed by atoms with van der Waals surface area (Å²) in [7, 11) is 2.85. The number of ether oxygens (including phenoxy) is 2. The monoisotopic (exact) mass is 401 g/mol. The van der Waals surface area contributed by atoms with Gasteiger partial charge in [0.15, 0.2) is 0 Å². The Morgan fingerprint density at radius 2 is 1.85 bits per heavy atom. The zero-order valence-electron chi connectivity index (χ0n) is 15.0. The molecule has 2 fully saturated rings. The van der Waals surface area contributed by atoms with E-state index < -0.39 is 0 Å². The van der Waals surface area contributed by atoms with Crippen LogP contribution in [-0.2, 0) is 19.1 Å². The standard InChI is InChI=1S/C19H24ClNO4.ClH/c1-24-17(22)9-10-21-14-7-8-16(21)18(19(23)25-2)15(11-14)12-3-5-13(20)6-4-12;/h3-6,14-16,18H,7-11H2,1-2H3;1H.